The van der Waals surface area contributed by atoms with Crippen LogP contribution in [-0.2, 0) is 6.42 Å². The minimum atomic E-state index is 0.498. The van der Waals surface area contributed by atoms with E-state index in [9.17, 15) is 0 Å². The number of fused-ring (bicyclic) bond motifs is 1. The smallest absolute Gasteiger partial charge is 0.200 e. The van der Waals surface area contributed by atoms with E-state index in [-0.39, 0.29) is 0 Å². The van der Waals surface area contributed by atoms with Crippen LogP contribution in [0.4, 0.5) is 5.69 Å². The molecule has 0 unspecified atom stereocenters. The normalized spacial score (nSPS) is 17.2. The molecule has 0 bridgehead atoms. The van der Waals surface area contributed by atoms with Gasteiger partial charge < -0.3 is 15.1 Å². The first-order valence-electron chi connectivity index (χ1n) is 8.49. The van der Waals surface area contributed by atoms with Gasteiger partial charge in [-0.05, 0) is 39.4 Å². The molecule has 0 aromatic carbocycles. The number of nitrogens with one attached hydrogen (secondary N) is 1. The van der Waals surface area contributed by atoms with E-state index in [1.807, 2.05) is 0 Å². The third kappa shape index (κ3) is 3.97. The zero-order valence-electron chi connectivity index (χ0n) is 14.4. The molecule has 7 nitrogen and oxygen atoms in total. The number of likely N-dealkylation sites (tertiary alicyclic amines) is 1. The Balaban J connectivity index is 1.61. The van der Waals surface area contributed by atoms with Gasteiger partial charge in [-0.25, -0.2) is 0 Å². The first kappa shape index (κ1) is 16.1. The lowest BCUT2D eigenvalue weighted by Gasteiger charge is -2.33. The summed E-state index contributed by atoms with van der Waals surface area (Å²) in [6.07, 6.45) is 4.91. The molecule has 3 rings (SSSR count). The second kappa shape index (κ2) is 7.23. The van der Waals surface area contributed by atoms with Gasteiger partial charge in [0.25, 0.3) is 0 Å². The van der Waals surface area contributed by atoms with Crippen LogP contribution < -0.4 is 5.32 Å². The Morgan fingerprint density at radius 1 is 1.30 bits per heavy atom. The fourth-order valence-corrected chi connectivity index (χ4v) is 3.02. The Hall–Kier alpha value is -1.73. The maximum Gasteiger partial charge on any atom is 0.200 e. The van der Waals surface area contributed by atoms with Crippen molar-refractivity contribution in [2.75, 3.05) is 45.6 Å². The van der Waals surface area contributed by atoms with Crippen LogP contribution >= 0.6 is 0 Å². The minimum absolute atomic E-state index is 0.498. The molecule has 2 aromatic heterocycles. The second-order valence-electron chi connectivity index (χ2n) is 6.57. The molecular formula is C16H27N7. The summed E-state index contributed by atoms with van der Waals surface area (Å²) in [6, 6.07) is 2.61. The van der Waals surface area contributed by atoms with Crippen molar-refractivity contribution in [3.63, 3.8) is 0 Å². The number of aromatic nitrogens is 4. The number of aryl methyl sites for hydroxylation is 1. The molecule has 0 atom stereocenters. The van der Waals surface area contributed by atoms with E-state index in [4.69, 9.17) is 0 Å². The molecule has 0 saturated carbocycles. The summed E-state index contributed by atoms with van der Waals surface area (Å²) in [4.78, 5) is 4.80. The maximum atomic E-state index is 4.50. The van der Waals surface area contributed by atoms with Gasteiger partial charge in [0.2, 0.25) is 5.65 Å². The van der Waals surface area contributed by atoms with Gasteiger partial charge in [0.05, 0.1) is 11.4 Å². The molecule has 23 heavy (non-hydrogen) atoms. The van der Waals surface area contributed by atoms with Crippen molar-refractivity contribution in [1.29, 1.82) is 0 Å². The second-order valence-corrected chi connectivity index (χ2v) is 6.57. The predicted octanol–water partition coefficient (Wildman–Crippen LogP) is 1.12. The number of nitrogens with zero attached hydrogens (tertiary/aromatic N) is 6. The van der Waals surface area contributed by atoms with Gasteiger partial charge >= 0.3 is 0 Å². The molecular weight excluding hydrogens is 290 g/mol. The number of hydrogen-bond acceptors (Lipinski definition) is 6. The van der Waals surface area contributed by atoms with Crippen molar-refractivity contribution in [3.8, 4) is 0 Å². The molecule has 126 valence electrons. The first-order chi connectivity index (χ1) is 11.2. The summed E-state index contributed by atoms with van der Waals surface area (Å²) in [5.41, 5.74) is 2.93. The van der Waals surface area contributed by atoms with Crippen molar-refractivity contribution in [3.05, 3.63) is 18.1 Å². The molecule has 0 amide bonds. The van der Waals surface area contributed by atoms with E-state index in [2.05, 4.69) is 57.5 Å². The van der Waals surface area contributed by atoms with Crippen LogP contribution in [0.15, 0.2) is 12.4 Å². The van der Waals surface area contributed by atoms with Crippen LogP contribution in [-0.4, -0.2) is 75.9 Å². The molecule has 7 heteroatoms. The van der Waals surface area contributed by atoms with Crippen LogP contribution in [0.2, 0.25) is 0 Å². The van der Waals surface area contributed by atoms with Crippen LogP contribution in [0.3, 0.4) is 0 Å². The first-order valence-corrected chi connectivity index (χ1v) is 8.49. The Morgan fingerprint density at radius 2 is 2.09 bits per heavy atom. The Kier molecular flexibility index (Phi) is 5.07. The summed E-state index contributed by atoms with van der Waals surface area (Å²) in [7, 11) is 4.26. The summed E-state index contributed by atoms with van der Waals surface area (Å²) in [6.45, 7) is 6.71. The average molecular weight is 317 g/mol. The monoisotopic (exact) mass is 317 g/mol. The fourth-order valence-electron chi connectivity index (χ4n) is 3.02. The third-order valence-electron chi connectivity index (χ3n) is 4.49. The molecule has 1 N–H and O–H groups in total. The van der Waals surface area contributed by atoms with Gasteiger partial charge in [0.15, 0.2) is 0 Å². The lowest BCUT2D eigenvalue weighted by Crippen LogP contribution is -2.41. The molecule has 0 radical (unpaired) electrons. The molecule has 0 spiro atoms. The summed E-state index contributed by atoms with van der Waals surface area (Å²) >= 11 is 0. The predicted molar refractivity (Wildman–Crippen MR) is 91.8 cm³/mol. The topological polar surface area (TPSA) is 61.6 Å². The molecule has 1 fully saturated rings. The van der Waals surface area contributed by atoms with E-state index in [1.165, 1.54) is 0 Å². The molecule has 0 aliphatic carbocycles. The van der Waals surface area contributed by atoms with E-state index >= 15 is 0 Å². The number of hydrogen-bond donors (Lipinski definition) is 1. The van der Waals surface area contributed by atoms with E-state index in [0.29, 0.717) is 6.04 Å². The van der Waals surface area contributed by atoms with Crippen molar-refractivity contribution in [1.82, 2.24) is 29.6 Å². The molecule has 1 aliphatic heterocycles. The zero-order valence-corrected chi connectivity index (χ0v) is 14.4. The highest BCUT2D eigenvalue weighted by Gasteiger charge is 2.20. The number of rotatable bonds is 6. The Labute approximate surface area is 137 Å². The van der Waals surface area contributed by atoms with Gasteiger partial charge in [0, 0.05) is 32.2 Å². The molecule has 2 aromatic rings. The van der Waals surface area contributed by atoms with E-state index in [1.54, 1.807) is 10.8 Å². The van der Waals surface area contributed by atoms with Crippen molar-refractivity contribution in [2.24, 2.45) is 0 Å². The van der Waals surface area contributed by atoms with Crippen molar-refractivity contribution < 1.29 is 0 Å². The molecule has 3 heterocycles. The maximum absolute atomic E-state index is 4.50. The van der Waals surface area contributed by atoms with Crippen molar-refractivity contribution >= 4 is 11.3 Å². The Bertz CT molecular complexity index is 628. The number of piperidine rings is 1. The molecule has 1 aliphatic rings. The average Bonchev–Trinajstić information content (AvgIpc) is 3.02. The van der Waals surface area contributed by atoms with Gasteiger partial charge in [-0.3, -0.25) is 0 Å². The van der Waals surface area contributed by atoms with Gasteiger partial charge in [-0.1, -0.05) is 6.92 Å². The van der Waals surface area contributed by atoms with Crippen LogP contribution in [0, 0.1) is 0 Å². The highest BCUT2D eigenvalue weighted by Crippen LogP contribution is 2.20. The quantitative estimate of drug-likeness (QED) is 0.862. The molecule has 1 saturated heterocycles. The van der Waals surface area contributed by atoms with Crippen LogP contribution in [0.25, 0.3) is 5.65 Å². The number of likely N-dealkylation sites (N-methyl/N-ethyl adjacent to an activating group) is 1. The Morgan fingerprint density at radius 3 is 2.78 bits per heavy atom. The SMILES string of the molecule is CCc1cc(NC2CCN(CCN(C)C)CC2)c2nncn2n1. The summed E-state index contributed by atoms with van der Waals surface area (Å²) in [5.74, 6) is 0. The van der Waals surface area contributed by atoms with Crippen molar-refractivity contribution in [2.45, 2.75) is 32.2 Å². The van der Waals surface area contributed by atoms with Gasteiger partial charge in [-0.2, -0.15) is 9.61 Å². The standard InChI is InChI=1S/C16H27N7/c1-4-13-11-15(16-19-17-12-23(16)20-13)18-14-5-7-22(8-6-14)10-9-21(2)3/h11-12,14,18H,4-10H2,1-3H3. The number of anilines is 1. The summed E-state index contributed by atoms with van der Waals surface area (Å²) in [5, 5.41) is 16.3. The lowest BCUT2D eigenvalue weighted by molar-refractivity contribution is 0.199. The third-order valence-corrected chi connectivity index (χ3v) is 4.49. The zero-order chi connectivity index (χ0) is 16.2. The largest absolute Gasteiger partial charge is 0.379 e. The van der Waals surface area contributed by atoms with Gasteiger partial charge in [-0.15, -0.1) is 10.2 Å². The minimum Gasteiger partial charge on any atom is -0.379 e. The lowest BCUT2D eigenvalue weighted by atomic mass is 10.0. The van der Waals surface area contributed by atoms with E-state index in [0.717, 1.165) is 62.5 Å². The van der Waals surface area contributed by atoms with E-state index < -0.39 is 0 Å². The van der Waals surface area contributed by atoms with Gasteiger partial charge in [0.1, 0.15) is 6.33 Å². The highest BCUT2D eigenvalue weighted by molar-refractivity contribution is 5.67. The van der Waals surface area contributed by atoms with Crippen LogP contribution in [0.5, 0.6) is 0 Å². The highest BCUT2D eigenvalue weighted by atomic mass is 15.3. The van der Waals surface area contributed by atoms with Crippen LogP contribution in [0.1, 0.15) is 25.5 Å². The summed E-state index contributed by atoms with van der Waals surface area (Å²) < 4.78 is 1.77. The fraction of sp³-hybridized carbons (Fsp3) is 0.688.